The molecule has 0 saturated heterocycles. The average Bonchev–Trinajstić information content (AvgIpc) is 2.91. The predicted octanol–water partition coefficient (Wildman–Crippen LogP) is 1.95. The first kappa shape index (κ1) is 12.5. The van der Waals surface area contributed by atoms with Gasteiger partial charge in [0.1, 0.15) is 6.54 Å². The number of aromatic nitrogens is 4. The van der Waals surface area contributed by atoms with Crippen molar-refractivity contribution in [3.05, 3.63) is 52.6 Å². The van der Waals surface area contributed by atoms with Crippen molar-refractivity contribution in [2.45, 2.75) is 26.3 Å². The minimum atomic E-state index is -0.160. The van der Waals surface area contributed by atoms with Crippen molar-refractivity contribution in [2.24, 2.45) is 0 Å². The Morgan fingerprint density at radius 2 is 2.05 bits per heavy atom. The van der Waals surface area contributed by atoms with Crippen LogP contribution in [0.2, 0.25) is 0 Å². The van der Waals surface area contributed by atoms with E-state index >= 15 is 0 Å². The quantitative estimate of drug-likeness (QED) is 0.727. The molecule has 0 unspecified atom stereocenters. The zero-order chi connectivity index (χ0) is 14.1. The summed E-state index contributed by atoms with van der Waals surface area (Å²) in [4.78, 5) is 12.3. The second kappa shape index (κ2) is 4.88. The molecule has 2 heterocycles. The van der Waals surface area contributed by atoms with Crippen molar-refractivity contribution < 1.29 is 4.42 Å². The Morgan fingerprint density at radius 3 is 2.80 bits per heavy atom. The molecule has 0 bridgehead atoms. The Kier molecular flexibility index (Phi) is 3.06. The van der Waals surface area contributed by atoms with Crippen LogP contribution in [0.15, 0.2) is 39.7 Å². The Hall–Kier alpha value is -2.50. The number of fused-ring (bicyclic) bond motifs is 1. The average molecular weight is 270 g/mol. The number of hydrogen-bond donors (Lipinski definition) is 0. The molecule has 102 valence electrons. The molecule has 0 amide bonds. The fourth-order valence-corrected chi connectivity index (χ4v) is 1.93. The summed E-state index contributed by atoms with van der Waals surface area (Å²) in [7, 11) is 0. The first-order valence-electron chi connectivity index (χ1n) is 6.42. The smallest absolute Gasteiger partial charge is 0.275 e. The van der Waals surface area contributed by atoms with E-state index in [4.69, 9.17) is 4.42 Å². The third kappa shape index (κ3) is 2.20. The van der Waals surface area contributed by atoms with Gasteiger partial charge >= 0.3 is 0 Å². The van der Waals surface area contributed by atoms with Crippen molar-refractivity contribution in [2.75, 3.05) is 0 Å². The lowest BCUT2D eigenvalue weighted by atomic mass is 10.2. The summed E-state index contributed by atoms with van der Waals surface area (Å²) in [5, 5.41) is 13.5. The van der Waals surface area contributed by atoms with Crippen molar-refractivity contribution in [1.29, 1.82) is 0 Å². The van der Waals surface area contributed by atoms with Gasteiger partial charge in [-0.25, -0.2) is 4.68 Å². The molecule has 0 N–H and O–H groups in total. The van der Waals surface area contributed by atoms with E-state index < -0.39 is 0 Å². The first-order valence-corrected chi connectivity index (χ1v) is 6.42. The predicted molar refractivity (Wildman–Crippen MR) is 73.5 cm³/mol. The zero-order valence-corrected chi connectivity index (χ0v) is 11.3. The molecule has 3 rings (SSSR count). The van der Waals surface area contributed by atoms with Gasteiger partial charge in [-0.1, -0.05) is 32.0 Å². The van der Waals surface area contributed by atoms with Crippen LogP contribution >= 0.6 is 0 Å². The maximum atomic E-state index is 12.3. The molecule has 0 aliphatic heterocycles. The van der Waals surface area contributed by atoms with Gasteiger partial charge in [0.05, 0.1) is 11.6 Å². The van der Waals surface area contributed by atoms with Crippen molar-refractivity contribution in [1.82, 2.24) is 20.0 Å². The Balaban J connectivity index is 1.98. The van der Waals surface area contributed by atoms with Crippen LogP contribution in [0.1, 0.15) is 31.5 Å². The maximum absolute atomic E-state index is 12.3. The minimum Gasteiger partial charge on any atom is -0.423 e. The van der Waals surface area contributed by atoms with Crippen LogP contribution < -0.4 is 5.56 Å². The molecule has 6 heteroatoms. The Labute approximate surface area is 115 Å². The van der Waals surface area contributed by atoms with Crippen molar-refractivity contribution >= 4 is 10.8 Å². The van der Waals surface area contributed by atoms with Gasteiger partial charge in [0, 0.05) is 11.3 Å². The monoisotopic (exact) mass is 270 g/mol. The number of nitrogens with zero attached hydrogens (tertiary/aromatic N) is 4. The molecule has 0 aliphatic rings. The van der Waals surface area contributed by atoms with Crippen LogP contribution in [0.3, 0.4) is 0 Å². The molecule has 2 aromatic heterocycles. The van der Waals surface area contributed by atoms with E-state index in [1.54, 1.807) is 12.3 Å². The van der Waals surface area contributed by atoms with Gasteiger partial charge in [0.2, 0.25) is 11.8 Å². The summed E-state index contributed by atoms with van der Waals surface area (Å²) >= 11 is 0. The van der Waals surface area contributed by atoms with Crippen molar-refractivity contribution in [3.63, 3.8) is 0 Å². The molecular formula is C14H14N4O2. The topological polar surface area (TPSA) is 73.8 Å². The van der Waals surface area contributed by atoms with Gasteiger partial charge in [0.15, 0.2) is 0 Å². The van der Waals surface area contributed by atoms with E-state index in [2.05, 4.69) is 15.3 Å². The van der Waals surface area contributed by atoms with E-state index in [0.29, 0.717) is 17.2 Å². The highest BCUT2D eigenvalue weighted by Gasteiger charge is 2.11. The fraction of sp³-hybridized carbons (Fsp3) is 0.286. The van der Waals surface area contributed by atoms with Crippen LogP contribution in [-0.4, -0.2) is 20.0 Å². The summed E-state index contributed by atoms with van der Waals surface area (Å²) in [6.45, 7) is 4.12. The molecule has 0 radical (unpaired) electrons. The molecule has 0 atom stereocenters. The molecule has 20 heavy (non-hydrogen) atoms. The Bertz CT molecular complexity index is 804. The third-order valence-electron chi connectivity index (χ3n) is 3.02. The maximum Gasteiger partial charge on any atom is 0.275 e. The lowest BCUT2D eigenvalue weighted by Gasteiger charge is -2.03. The highest BCUT2D eigenvalue weighted by Crippen LogP contribution is 2.12. The van der Waals surface area contributed by atoms with E-state index in [0.717, 1.165) is 5.39 Å². The second-order valence-electron chi connectivity index (χ2n) is 4.88. The largest absolute Gasteiger partial charge is 0.423 e. The highest BCUT2D eigenvalue weighted by molar-refractivity contribution is 5.80. The van der Waals surface area contributed by atoms with Gasteiger partial charge in [0.25, 0.3) is 5.56 Å². The molecule has 1 aromatic carbocycles. The summed E-state index contributed by atoms with van der Waals surface area (Å²) < 4.78 is 6.83. The van der Waals surface area contributed by atoms with E-state index in [9.17, 15) is 4.79 Å². The summed E-state index contributed by atoms with van der Waals surface area (Å²) in [5.74, 6) is 1.12. The van der Waals surface area contributed by atoms with Crippen LogP contribution in [-0.2, 0) is 6.54 Å². The normalized spacial score (nSPS) is 11.3. The van der Waals surface area contributed by atoms with Crippen LogP contribution in [0.25, 0.3) is 10.8 Å². The van der Waals surface area contributed by atoms with E-state index in [1.165, 1.54) is 4.68 Å². The van der Waals surface area contributed by atoms with Crippen LogP contribution in [0.4, 0.5) is 0 Å². The number of benzene rings is 1. The van der Waals surface area contributed by atoms with E-state index in [-0.39, 0.29) is 18.0 Å². The SMILES string of the molecule is CC(C)c1nnc(Cn2ncc3ccccc3c2=O)o1. The highest BCUT2D eigenvalue weighted by atomic mass is 16.4. The van der Waals surface area contributed by atoms with E-state index in [1.807, 2.05) is 32.0 Å². The lowest BCUT2D eigenvalue weighted by molar-refractivity contribution is 0.412. The second-order valence-corrected chi connectivity index (χ2v) is 4.88. The molecule has 0 aliphatic carbocycles. The molecule has 0 fully saturated rings. The molecule has 0 saturated carbocycles. The standard InChI is InChI=1S/C14H14N4O2/c1-9(2)13-17-16-12(20-13)8-18-14(19)11-6-4-3-5-10(11)7-15-18/h3-7,9H,8H2,1-2H3. The number of rotatable bonds is 3. The molecular weight excluding hydrogens is 256 g/mol. The van der Waals surface area contributed by atoms with Gasteiger partial charge in [-0.2, -0.15) is 5.10 Å². The van der Waals surface area contributed by atoms with Gasteiger partial charge in [-0.3, -0.25) is 4.79 Å². The van der Waals surface area contributed by atoms with Crippen molar-refractivity contribution in [3.8, 4) is 0 Å². The summed E-state index contributed by atoms with van der Waals surface area (Å²) in [6, 6.07) is 7.35. The molecule has 6 nitrogen and oxygen atoms in total. The van der Waals surface area contributed by atoms with Gasteiger partial charge < -0.3 is 4.42 Å². The third-order valence-corrected chi connectivity index (χ3v) is 3.02. The Morgan fingerprint density at radius 1 is 1.25 bits per heavy atom. The van der Waals surface area contributed by atoms with Gasteiger partial charge in [-0.15, -0.1) is 10.2 Å². The first-order chi connectivity index (χ1) is 9.65. The van der Waals surface area contributed by atoms with Gasteiger partial charge in [-0.05, 0) is 6.07 Å². The number of hydrogen-bond acceptors (Lipinski definition) is 5. The summed E-state index contributed by atoms with van der Waals surface area (Å²) in [6.07, 6.45) is 1.66. The fourth-order valence-electron chi connectivity index (χ4n) is 1.93. The summed E-state index contributed by atoms with van der Waals surface area (Å²) in [5.41, 5.74) is -0.160. The lowest BCUT2D eigenvalue weighted by Crippen LogP contribution is -2.23. The minimum absolute atomic E-state index is 0.160. The zero-order valence-electron chi connectivity index (χ0n) is 11.3. The van der Waals surface area contributed by atoms with Crippen LogP contribution in [0, 0.1) is 0 Å². The molecule has 0 spiro atoms. The van der Waals surface area contributed by atoms with Crippen LogP contribution in [0.5, 0.6) is 0 Å². The molecule has 3 aromatic rings.